The Balaban J connectivity index is 1.96. The van der Waals surface area contributed by atoms with Crippen LogP contribution in [0.1, 0.15) is 38.2 Å². The van der Waals surface area contributed by atoms with Crippen molar-refractivity contribution in [1.82, 2.24) is 15.2 Å². The van der Waals surface area contributed by atoms with Crippen LogP contribution in [0.15, 0.2) is 36.5 Å². The maximum Gasteiger partial charge on any atom is 0.410 e. The summed E-state index contributed by atoms with van der Waals surface area (Å²) in [7, 11) is 0. The summed E-state index contributed by atoms with van der Waals surface area (Å²) in [6, 6.07) is 9.48. The second kappa shape index (κ2) is 7.96. The number of hydrogen-bond acceptors (Lipinski definition) is 4. The largest absolute Gasteiger partial charge is 0.444 e. The van der Waals surface area contributed by atoms with Crippen molar-refractivity contribution in [3.8, 4) is 0 Å². The Bertz CT molecular complexity index is 748. The van der Waals surface area contributed by atoms with Gasteiger partial charge in [0.25, 0.3) is 5.91 Å². The van der Waals surface area contributed by atoms with Gasteiger partial charge in [-0.25, -0.2) is 4.79 Å². The molecule has 0 aliphatic heterocycles. The molecular formula is C19H25N3O3. The number of rotatable bonds is 5. The number of nitrogens with one attached hydrogen (secondary N) is 1. The van der Waals surface area contributed by atoms with Crippen LogP contribution in [0, 0.1) is 0 Å². The monoisotopic (exact) mass is 343 g/mol. The topological polar surface area (TPSA) is 71.5 Å². The molecule has 25 heavy (non-hydrogen) atoms. The van der Waals surface area contributed by atoms with Crippen LogP contribution in [0.25, 0.3) is 10.8 Å². The molecular weight excluding hydrogens is 318 g/mol. The molecule has 134 valence electrons. The molecule has 0 aliphatic carbocycles. The fourth-order valence-electron chi connectivity index (χ4n) is 2.39. The minimum absolute atomic E-state index is 0.253. The summed E-state index contributed by atoms with van der Waals surface area (Å²) in [5.41, 5.74) is -0.154. The van der Waals surface area contributed by atoms with Crippen LogP contribution >= 0.6 is 0 Å². The SMILES string of the molecule is CCN(CCNC(=O)c1nccc2ccccc12)C(=O)OC(C)(C)C. The highest BCUT2D eigenvalue weighted by Crippen LogP contribution is 2.16. The Kier molecular flexibility index (Phi) is 5.96. The minimum Gasteiger partial charge on any atom is -0.444 e. The first kappa shape index (κ1) is 18.7. The van der Waals surface area contributed by atoms with Crippen LogP contribution in [0.5, 0.6) is 0 Å². The van der Waals surface area contributed by atoms with Crippen molar-refractivity contribution in [2.75, 3.05) is 19.6 Å². The summed E-state index contributed by atoms with van der Waals surface area (Å²) in [4.78, 5) is 30.3. The van der Waals surface area contributed by atoms with Gasteiger partial charge in [-0.05, 0) is 39.1 Å². The van der Waals surface area contributed by atoms with Crippen molar-refractivity contribution in [3.05, 3.63) is 42.2 Å². The number of carbonyl (C=O) groups is 2. The van der Waals surface area contributed by atoms with Gasteiger partial charge in [-0.1, -0.05) is 24.3 Å². The molecule has 1 aromatic heterocycles. The molecule has 0 radical (unpaired) electrons. The third-order valence-corrected chi connectivity index (χ3v) is 3.59. The van der Waals surface area contributed by atoms with Crippen molar-refractivity contribution in [2.24, 2.45) is 0 Å². The first-order valence-corrected chi connectivity index (χ1v) is 8.41. The highest BCUT2D eigenvalue weighted by Gasteiger charge is 2.21. The number of benzene rings is 1. The molecule has 6 nitrogen and oxygen atoms in total. The Hall–Kier alpha value is -2.63. The number of carbonyl (C=O) groups excluding carboxylic acids is 2. The lowest BCUT2D eigenvalue weighted by Gasteiger charge is -2.26. The van der Waals surface area contributed by atoms with E-state index in [1.165, 1.54) is 0 Å². The molecule has 0 atom stereocenters. The van der Waals surface area contributed by atoms with E-state index in [4.69, 9.17) is 4.74 Å². The van der Waals surface area contributed by atoms with Gasteiger partial charge in [0.1, 0.15) is 11.3 Å². The van der Waals surface area contributed by atoms with E-state index in [0.717, 1.165) is 10.8 Å². The number of ether oxygens (including phenoxy) is 1. The van der Waals surface area contributed by atoms with E-state index in [9.17, 15) is 9.59 Å². The van der Waals surface area contributed by atoms with Gasteiger partial charge < -0.3 is 15.0 Å². The summed E-state index contributed by atoms with van der Waals surface area (Å²) in [6.07, 6.45) is 1.24. The van der Waals surface area contributed by atoms with Gasteiger partial charge in [0.05, 0.1) is 0 Å². The third-order valence-electron chi connectivity index (χ3n) is 3.59. The summed E-state index contributed by atoms with van der Waals surface area (Å²) in [5, 5.41) is 4.59. The number of nitrogens with zero attached hydrogens (tertiary/aromatic N) is 2. The van der Waals surface area contributed by atoms with E-state index in [1.807, 2.05) is 58.0 Å². The highest BCUT2D eigenvalue weighted by molar-refractivity contribution is 6.05. The molecule has 0 unspecified atom stereocenters. The molecule has 2 amide bonds. The average Bonchev–Trinajstić information content (AvgIpc) is 2.56. The van der Waals surface area contributed by atoms with Gasteiger partial charge in [0.15, 0.2) is 0 Å². The van der Waals surface area contributed by atoms with E-state index >= 15 is 0 Å². The lowest BCUT2D eigenvalue weighted by atomic mass is 10.1. The van der Waals surface area contributed by atoms with E-state index < -0.39 is 5.60 Å². The maximum absolute atomic E-state index is 12.4. The lowest BCUT2D eigenvalue weighted by molar-refractivity contribution is 0.0261. The number of pyridine rings is 1. The molecule has 1 heterocycles. The third kappa shape index (κ3) is 5.17. The standard InChI is InChI=1S/C19H25N3O3/c1-5-22(18(24)25-19(2,3)4)13-12-21-17(23)16-15-9-7-6-8-14(15)10-11-20-16/h6-11H,5,12-13H2,1-4H3,(H,21,23). The maximum atomic E-state index is 12.4. The zero-order valence-corrected chi connectivity index (χ0v) is 15.2. The van der Waals surface area contributed by atoms with Crippen LogP contribution in [0.4, 0.5) is 4.79 Å². The Morgan fingerprint density at radius 3 is 2.60 bits per heavy atom. The van der Waals surface area contributed by atoms with E-state index in [2.05, 4.69) is 10.3 Å². The number of aromatic nitrogens is 1. The number of amides is 2. The van der Waals surface area contributed by atoms with Crippen LogP contribution in [-0.4, -0.2) is 47.1 Å². The van der Waals surface area contributed by atoms with E-state index in [1.54, 1.807) is 11.1 Å². The fourth-order valence-corrected chi connectivity index (χ4v) is 2.39. The van der Waals surface area contributed by atoms with Crippen LogP contribution in [-0.2, 0) is 4.74 Å². The Morgan fingerprint density at radius 1 is 1.20 bits per heavy atom. The Labute approximate surface area is 148 Å². The molecule has 0 fully saturated rings. The van der Waals surface area contributed by atoms with Gasteiger partial charge in [-0.3, -0.25) is 9.78 Å². The molecule has 2 rings (SSSR count). The summed E-state index contributed by atoms with van der Waals surface area (Å²) < 4.78 is 5.35. The predicted octanol–water partition coefficient (Wildman–Crippen LogP) is 3.22. The predicted molar refractivity (Wildman–Crippen MR) is 97.6 cm³/mol. The van der Waals surface area contributed by atoms with Crippen LogP contribution in [0.2, 0.25) is 0 Å². The molecule has 0 aliphatic rings. The van der Waals surface area contributed by atoms with E-state index in [0.29, 0.717) is 25.3 Å². The zero-order valence-electron chi connectivity index (χ0n) is 15.2. The number of fused-ring (bicyclic) bond motifs is 1. The fraction of sp³-hybridized carbons (Fsp3) is 0.421. The molecule has 2 aromatic rings. The van der Waals surface area contributed by atoms with Gasteiger partial charge in [-0.2, -0.15) is 0 Å². The molecule has 0 spiro atoms. The number of hydrogen-bond donors (Lipinski definition) is 1. The van der Waals surface area contributed by atoms with Gasteiger partial charge in [0, 0.05) is 31.2 Å². The van der Waals surface area contributed by atoms with Crippen LogP contribution in [0.3, 0.4) is 0 Å². The zero-order chi connectivity index (χ0) is 18.4. The number of likely N-dealkylation sites (N-methyl/N-ethyl adjacent to an activating group) is 1. The van der Waals surface area contributed by atoms with Gasteiger partial charge in [-0.15, -0.1) is 0 Å². The summed E-state index contributed by atoms with van der Waals surface area (Å²) in [5.74, 6) is -0.253. The molecule has 6 heteroatoms. The molecule has 0 saturated carbocycles. The second-order valence-electron chi connectivity index (χ2n) is 6.70. The molecule has 0 bridgehead atoms. The van der Waals surface area contributed by atoms with Crippen molar-refractivity contribution >= 4 is 22.8 Å². The first-order valence-electron chi connectivity index (χ1n) is 8.41. The smallest absolute Gasteiger partial charge is 0.410 e. The highest BCUT2D eigenvalue weighted by atomic mass is 16.6. The van der Waals surface area contributed by atoms with Crippen LogP contribution < -0.4 is 5.32 Å². The van der Waals surface area contributed by atoms with Crippen molar-refractivity contribution < 1.29 is 14.3 Å². The Morgan fingerprint density at radius 2 is 1.92 bits per heavy atom. The quantitative estimate of drug-likeness (QED) is 0.905. The van der Waals surface area contributed by atoms with Crippen molar-refractivity contribution in [2.45, 2.75) is 33.3 Å². The second-order valence-corrected chi connectivity index (χ2v) is 6.70. The molecule has 1 aromatic carbocycles. The van der Waals surface area contributed by atoms with Gasteiger partial charge in [0.2, 0.25) is 0 Å². The summed E-state index contributed by atoms with van der Waals surface area (Å²) >= 11 is 0. The van der Waals surface area contributed by atoms with Crippen molar-refractivity contribution in [3.63, 3.8) is 0 Å². The van der Waals surface area contributed by atoms with Gasteiger partial charge >= 0.3 is 6.09 Å². The van der Waals surface area contributed by atoms with Crippen molar-refractivity contribution in [1.29, 1.82) is 0 Å². The normalized spacial score (nSPS) is 11.2. The average molecular weight is 343 g/mol. The first-order chi connectivity index (χ1) is 11.8. The lowest BCUT2D eigenvalue weighted by Crippen LogP contribution is -2.41. The molecule has 1 N–H and O–H groups in total. The minimum atomic E-state index is -0.541. The van der Waals surface area contributed by atoms with E-state index in [-0.39, 0.29) is 12.0 Å². The molecule has 0 saturated heterocycles. The summed E-state index contributed by atoms with van der Waals surface area (Å²) in [6.45, 7) is 8.57.